The fourth-order valence-corrected chi connectivity index (χ4v) is 0.772. The van der Waals surface area contributed by atoms with Crippen molar-refractivity contribution in [1.29, 1.82) is 0 Å². The van der Waals surface area contributed by atoms with Gasteiger partial charge in [0, 0.05) is 25.5 Å². The van der Waals surface area contributed by atoms with E-state index in [0.717, 1.165) is 5.69 Å². The highest BCUT2D eigenvalue weighted by molar-refractivity contribution is 5.51. The van der Waals surface area contributed by atoms with Crippen LogP contribution < -0.4 is 23.0 Å². The number of nitrogens with two attached hydrogens (primary N) is 1. The van der Waals surface area contributed by atoms with Crippen LogP contribution in [-0.2, 0) is 0 Å². The van der Waals surface area contributed by atoms with E-state index in [9.17, 15) is 0 Å². The fourth-order valence-electron chi connectivity index (χ4n) is 0.772. The van der Waals surface area contributed by atoms with Crippen LogP contribution >= 0.6 is 0 Å². The summed E-state index contributed by atoms with van der Waals surface area (Å²) < 4.78 is 0. The van der Waals surface area contributed by atoms with Crippen LogP contribution in [0, 0.1) is 0 Å². The van der Waals surface area contributed by atoms with Gasteiger partial charge >= 0.3 is 0 Å². The molecule has 0 aromatic heterocycles. The van der Waals surface area contributed by atoms with Gasteiger partial charge < -0.3 is 23.0 Å². The lowest BCUT2D eigenvalue weighted by Crippen LogP contribution is -3.00. The van der Waals surface area contributed by atoms with Crippen molar-refractivity contribution in [2.75, 3.05) is 24.7 Å². The molecule has 0 atom stereocenters. The molecule has 0 aliphatic rings. The number of benzene rings is 1. The zero-order valence-corrected chi connectivity index (χ0v) is 7.47. The van der Waals surface area contributed by atoms with Gasteiger partial charge in [-0.1, -0.05) is 0 Å². The van der Waals surface area contributed by atoms with Gasteiger partial charge in [-0.3, -0.25) is 0 Å². The van der Waals surface area contributed by atoms with Crippen molar-refractivity contribution in [3.8, 4) is 0 Å². The maximum Gasteiger partial charge on any atom is 0.0362 e. The molecule has 1 aromatic rings. The first-order valence-corrected chi connectivity index (χ1v) is 3.23. The van der Waals surface area contributed by atoms with Gasteiger partial charge in [-0.05, 0) is 24.3 Å². The van der Waals surface area contributed by atoms with E-state index in [1.54, 1.807) is 0 Å². The predicted octanol–water partition coefficient (Wildman–Crippen LogP) is -1.66. The smallest absolute Gasteiger partial charge is 0.0362 e. The highest BCUT2D eigenvalue weighted by Crippen LogP contribution is 2.12. The van der Waals surface area contributed by atoms with Crippen LogP contribution in [0.4, 0.5) is 11.4 Å². The largest absolute Gasteiger partial charge is 1.00 e. The monoisotopic (exact) mass is 171 g/mol. The molecule has 0 aliphatic carbocycles. The highest BCUT2D eigenvalue weighted by Gasteiger charge is 1.91. The number of nitrogens with zero attached hydrogens (tertiary/aromatic N) is 1. The van der Waals surface area contributed by atoms with Gasteiger partial charge in [0.2, 0.25) is 0 Å². The minimum absolute atomic E-state index is 0. The Balaban J connectivity index is 0.000001000. The number of halogens is 1. The maximum absolute atomic E-state index is 5.51. The van der Waals surface area contributed by atoms with E-state index >= 15 is 0 Å². The zero-order valence-electron chi connectivity index (χ0n) is 6.71. The molecule has 0 radical (unpaired) electrons. The van der Waals surface area contributed by atoms with Crippen LogP contribution in [0.5, 0.6) is 0 Å². The third-order valence-corrected chi connectivity index (χ3v) is 1.41. The standard InChI is InChI=1S/C8H12N2.ClH/c1-10(2)8-5-3-7(9)4-6-8;/h3-6H,9H2,1-2H3;1H/p-1. The molecule has 0 saturated heterocycles. The van der Waals surface area contributed by atoms with Crippen molar-refractivity contribution >= 4 is 11.4 Å². The molecule has 0 aliphatic heterocycles. The minimum atomic E-state index is 0. The first kappa shape index (κ1) is 10.1. The molecule has 2 N–H and O–H groups in total. The van der Waals surface area contributed by atoms with Crippen LogP contribution in [0.15, 0.2) is 24.3 Å². The second-order valence-corrected chi connectivity index (χ2v) is 2.49. The fraction of sp³-hybridized carbons (Fsp3) is 0.250. The molecule has 0 spiro atoms. The van der Waals surface area contributed by atoms with E-state index in [1.807, 2.05) is 43.3 Å². The van der Waals surface area contributed by atoms with Crippen molar-refractivity contribution in [2.45, 2.75) is 0 Å². The summed E-state index contributed by atoms with van der Waals surface area (Å²) in [6.45, 7) is 0. The quantitative estimate of drug-likeness (QED) is 0.513. The van der Waals surface area contributed by atoms with Crippen molar-refractivity contribution in [3.05, 3.63) is 24.3 Å². The Labute approximate surface area is 73.4 Å². The zero-order chi connectivity index (χ0) is 7.56. The third-order valence-electron chi connectivity index (χ3n) is 1.41. The first-order chi connectivity index (χ1) is 4.70. The normalized spacial score (nSPS) is 8.55. The number of nitrogen functional groups attached to an aromatic ring is 1. The van der Waals surface area contributed by atoms with Crippen LogP contribution in [0.3, 0.4) is 0 Å². The SMILES string of the molecule is CN(C)c1ccc(N)cc1.[Cl-]. The summed E-state index contributed by atoms with van der Waals surface area (Å²) in [6.07, 6.45) is 0. The van der Waals surface area contributed by atoms with E-state index in [2.05, 4.69) is 0 Å². The lowest BCUT2D eigenvalue weighted by Gasteiger charge is -2.11. The van der Waals surface area contributed by atoms with Crippen LogP contribution in [0.25, 0.3) is 0 Å². The van der Waals surface area contributed by atoms with Gasteiger partial charge in [-0.25, -0.2) is 0 Å². The van der Waals surface area contributed by atoms with Crippen molar-refractivity contribution in [1.82, 2.24) is 0 Å². The molecule has 1 rings (SSSR count). The van der Waals surface area contributed by atoms with Gasteiger partial charge in [0.05, 0.1) is 0 Å². The van der Waals surface area contributed by atoms with Crippen molar-refractivity contribution in [3.63, 3.8) is 0 Å². The average Bonchev–Trinajstić information content (AvgIpc) is 1.88. The van der Waals surface area contributed by atoms with Crippen LogP contribution in [-0.4, -0.2) is 14.1 Å². The number of anilines is 2. The molecule has 0 amide bonds. The van der Waals surface area contributed by atoms with E-state index < -0.39 is 0 Å². The molecule has 1 aromatic carbocycles. The summed E-state index contributed by atoms with van der Waals surface area (Å²) in [4.78, 5) is 2.04. The first-order valence-electron chi connectivity index (χ1n) is 3.23. The summed E-state index contributed by atoms with van der Waals surface area (Å²) in [7, 11) is 4.01. The lowest BCUT2D eigenvalue weighted by atomic mass is 10.3. The molecule has 0 bridgehead atoms. The molecule has 3 heteroatoms. The molecule has 11 heavy (non-hydrogen) atoms. The lowest BCUT2D eigenvalue weighted by molar-refractivity contribution is -0.00000216. The van der Waals surface area contributed by atoms with E-state index in [4.69, 9.17) is 5.73 Å². The average molecular weight is 172 g/mol. The van der Waals surface area contributed by atoms with E-state index in [0.29, 0.717) is 0 Å². The topological polar surface area (TPSA) is 29.3 Å². The number of hydrogen-bond donors (Lipinski definition) is 1. The molecular weight excluding hydrogens is 160 g/mol. The Bertz CT molecular complexity index is 206. The molecule has 2 nitrogen and oxygen atoms in total. The Morgan fingerprint density at radius 1 is 1.09 bits per heavy atom. The van der Waals surface area contributed by atoms with E-state index in [1.165, 1.54) is 5.69 Å². The Morgan fingerprint density at radius 3 is 1.91 bits per heavy atom. The Kier molecular flexibility index (Phi) is 3.76. The molecule has 0 saturated carbocycles. The highest BCUT2D eigenvalue weighted by atomic mass is 35.5. The molecule has 62 valence electrons. The Morgan fingerprint density at radius 2 is 1.55 bits per heavy atom. The second-order valence-electron chi connectivity index (χ2n) is 2.49. The summed E-state index contributed by atoms with van der Waals surface area (Å²) >= 11 is 0. The number of rotatable bonds is 1. The van der Waals surface area contributed by atoms with Gasteiger partial charge in [0.1, 0.15) is 0 Å². The summed E-state index contributed by atoms with van der Waals surface area (Å²) in [5, 5.41) is 0. The summed E-state index contributed by atoms with van der Waals surface area (Å²) in [6, 6.07) is 7.79. The van der Waals surface area contributed by atoms with Gasteiger partial charge in [0.25, 0.3) is 0 Å². The molecule has 0 unspecified atom stereocenters. The van der Waals surface area contributed by atoms with Gasteiger partial charge in [-0.15, -0.1) is 0 Å². The van der Waals surface area contributed by atoms with Crippen LogP contribution in [0.2, 0.25) is 0 Å². The molecular formula is C8H12ClN2-. The predicted molar refractivity (Wildman–Crippen MR) is 45.2 cm³/mol. The van der Waals surface area contributed by atoms with Gasteiger partial charge in [-0.2, -0.15) is 0 Å². The Hall–Kier alpha value is -0.890. The maximum atomic E-state index is 5.51. The second kappa shape index (κ2) is 4.09. The van der Waals surface area contributed by atoms with Gasteiger partial charge in [0.15, 0.2) is 0 Å². The summed E-state index contributed by atoms with van der Waals surface area (Å²) in [5.74, 6) is 0. The van der Waals surface area contributed by atoms with Crippen LogP contribution in [0.1, 0.15) is 0 Å². The van der Waals surface area contributed by atoms with Crippen molar-refractivity contribution < 1.29 is 12.4 Å². The third kappa shape index (κ3) is 2.68. The summed E-state index contributed by atoms with van der Waals surface area (Å²) in [5.41, 5.74) is 7.49. The molecule has 0 heterocycles. The number of hydrogen-bond acceptors (Lipinski definition) is 2. The van der Waals surface area contributed by atoms with E-state index in [-0.39, 0.29) is 12.4 Å². The van der Waals surface area contributed by atoms with Crippen molar-refractivity contribution in [2.24, 2.45) is 0 Å². The molecule has 0 fully saturated rings. The minimum Gasteiger partial charge on any atom is -1.00 e.